The number of rotatable bonds is 0. The molecule has 4 nitrogen and oxygen atoms in total. The van der Waals surface area contributed by atoms with E-state index in [1.54, 1.807) is 12.1 Å². The molecule has 0 aliphatic heterocycles. The van der Waals surface area contributed by atoms with Crippen LogP contribution in [0, 0.1) is 42.9 Å². The Kier molecular flexibility index (Phi) is 340. The summed E-state index contributed by atoms with van der Waals surface area (Å²) in [4.78, 5) is 0. The van der Waals surface area contributed by atoms with Gasteiger partial charge in [-0.05, 0) is 6.92 Å². The summed E-state index contributed by atoms with van der Waals surface area (Å²) in [7, 11) is 0.120. The summed E-state index contributed by atoms with van der Waals surface area (Å²) in [6, 6.07) is 3.50. The summed E-state index contributed by atoms with van der Waals surface area (Å²) in [6.45, 7) is 25.2. The first-order valence-electron chi connectivity index (χ1n) is 4.17. The van der Waals surface area contributed by atoms with Gasteiger partial charge in [-0.15, -0.1) is 6.58 Å². The molecule has 0 N–H and O–H groups in total. The van der Waals surface area contributed by atoms with Gasteiger partial charge in [-0.1, -0.05) is 25.7 Å². The molecule has 0 heterocycles. The van der Waals surface area contributed by atoms with Gasteiger partial charge in [0.1, 0.15) is 0 Å². The fourth-order valence-electron chi connectivity index (χ4n) is 0. The van der Waals surface area contributed by atoms with Crippen molar-refractivity contribution in [3.05, 3.63) is 32.9 Å². The van der Waals surface area contributed by atoms with Gasteiger partial charge in [0.2, 0.25) is 0 Å². The van der Waals surface area contributed by atoms with Crippen molar-refractivity contribution in [3.8, 4) is 12.1 Å². The van der Waals surface area contributed by atoms with Crippen LogP contribution >= 0.6 is 0 Å². The molecule has 0 unspecified atom stereocenters. The molecule has 0 spiro atoms. The molecule has 0 aromatic heterocycles. The number of nitrogens with zero attached hydrogens (tertiary/aromatic N) is 2. The fraction of sp³-hybridized carbons (Fsp3) is 0.417. The van der Waals surface area contributed by atoms with Crippen molar-refractivity contribution < 1.29 is 30.4 Å². The minimum absolute atomic E-state index is 0. The van der Waals surface area contributed by atoms with Gasteiger partial charge in [0.15, 0.2) is 0 Å². The van der Waals surface area contributed by atoms with E-state index in [1.807, 2.05) is 0 Å². The molecule has 0 fully saturated rings. The van der Waals surface area contributed by atoms with Crippen molar-refractivity contribution in [3.63, 3.8) is 0 Å². The van der Waals surface area contributed by atoms with Crippen LogP contribution in [-0.2, 0) is 30.4 Å². The molecule has 0 aliphatic rings. The summed E-state index contributed by atoms with van der Waals surface area (Å²) in [5.74, 6) is 0. The van der Waals surface area contributed by atoms with E-state index in [2.05, 4.69) is 46.4 Å². The molecule has 6 heteroatoms. The maximum absolute atomic E-state index is 7.50. The van der Waals surface area contributed by atoms with Gasteiger partial charge in [0.05, 0.1) is 12.1 Å². The summed E-state index contributed by atoms with van der Waals surface area (Å²) in [5, 5.41) is 14.6. The number of hydrogen-bond acceptors (Lipinski definition) is 2. The van der Waals surface area contributed by atoms with E-state index in [0.29, 0.717) is 0 Å². The van der Waals surface area contributed by atoms with Crippen molar-refractivity contribution >= 4 is 8.80 Å². The number of allylic oxidation sites excluding steroid dienone is 1. The second-order valence-electron chi connectivity index (χ2n) is 2.24. The van der Waals surface area contributed by atoms with Crippen molar-refractivity contribution in [2.45, 2.75) is 33.5 Å². The van der Waals surface area contributed by atoms with Crippen molar-refractivity contribution in [2.75, 3.05) is 0 Å². The zero-order valence-electron chi connectivity index (χ0n) is 11.6. The standard InChI is InChI=1S/C3H9Si.C3H5.2C2H3N.2CO.W/c1-4(2)3;1-3-2;2*1-2-3;2*1-2;/h1-3H3;3H,1-2H2;2*1H3;;;. The summed E-state index contributed by atoms with van der Waals surface area (Å²) >= 11 is 0. The molecular weight excluding hydrogens is 416 g/mol. The molecular formula is C12H20N2O2SiW. The Hall–Kier alpha value is -0.895. The Morgan fingerprint density at radius 2 is 1.00 bits per heavy atom. The average molecular weight is 436 g/mol. The molecule has 0 rings (SSSR count). The van der Waals surface area contributed by atoms with E-state index in [0.717, 1.165) is 0 Å². The minimum atomic E-state index is 0. The molecule has 0 saturated carbocycles. The van der Waals surface area contributed by atoms with Gasteiger partial charge in [-0.3, -0.25) is 0 Å². The largest absolute Gasteiger partial charge is 0.103 e. The van der Waals surface area contributed by atoms with Crippen LogP contribution in [0.2, 0.25) is 19.6 Å². The predicted molar refractivity (Wildman–Crippen MR) is 69.3 cm³/mol. The maximum Gasteiger partial charge on any atom is 0 e. The first kappa shape index (κ1) is 43.4. The Bertz CT molecular complexity index is 195. The first-order valence-corrected chi connectivity index (χ1v) is 7.17. The van der Waals surface area contributed by atoms with Crippen LogP contribution in [-0.4, -0.2) is 8.80 Å². The predicted octanol–water partition coefficient (Wildman–Crippen LogP) is 3.36. The van der Waals surface area contributed by atoms with E-state index < -0.39 is 0 Å². The van der Waals surface area contributed by atoms with Crippen LogP contribution in [0.5, 0.6) is 0 Å². The van der Waals surface area contributed by atoms with Gasteiger partial charge < -0.3 is 0 Å². The van der Waals surface area contributed by atoms with E-state index in [-0.39, 0.29) is 29.9 Å². The smallest absolute Gasteiger partial charge is 0 e. The Morgan fingerprint density at radius 3 is 1.00 bits per heavy atom. The van der Waals surface area contributed by atoms with Gasteiger partial charge in [-0.25, -0.2) is 0 Å². The van der Waals surface area contributed by atoms with Crippen LogP contribution in [0.4, 0.5) is 0 Å². The zero-order chi connectivity index (χ0) is 15.7. The van der Waals surface area contributed by atoms with Gasteiger partial charge in [-0.2, -0.15) is 10.5 Å². The fourth-order valence-corrected chi connectivity index (χ4v) is 0. The molecule has 0 amide bonds. The molecule has 0 atom stereocenters. The molecule has 18 heavy (non-hydrogen) atoms. The zero-order valence-corrected chi connectivity index (χ0v) is 15.5. The van der Waals surface area contributed by atoms with Gasteiger partial charge in [0, 0.05) is 43.7 Å². The second kappa shape index (κ2) is 141. The first-order chi connectivity index (χ1) is 7.97. The van der Waals surface area contributed by atoms with Crippen molar-refractivity contribution in [1.29, 1.82) is 10.5 Å². The molecule has 0 saturated heterocycles. The number of hydrogen-bond donors (Lipinski definition) is 0. The molecule has 0 bridgehead atoms. The third-order valence-corrected chi connectivity index (χ3v) is 0. The van der Waals surface area contributed by atoms with Gasteiger partial charge >= 0.3 is 22.6 Å². The maximum atomic E-state index is 7.50. The molecule has 0 aromatic rings. The Morgan fingerprint density at radius 1 is 1.00 bits per heavy atom. The summed E-state index contributed by atoms with van der Waals surface area (Å²) < 4.78 is 15.0. The molecule has 0 aromatic carbocycles. The quantitative estimate of drug-likeness (QED) is 0.331. The molecule has 2 radical (unpaired) electrons. The molecule has 100 valence electrons. The number of nitriles is 2. The van der Waals surface area contributed by atoms with Crippen LogP contribution in [0.15, 0.2) is 12.7 Å². The third-order valence-electron chi connectivity index (χ3n) is 0. The minimum Gasteiger partial charge on any atom is -0.103 e. The normalized spacial score (nSPS) is 3.83. The van der Waals surface area contributed by atoms with Crippen LogP contribution in [0.1, 0.15) is 13.8 Å². The van der Waals surface area contributed by atoms with Crippen LogP contribution < -0.4 is 0 Å². The van der Waals surface area contributed by atoms with Crippen molar-refractivity contribution in [1.82, 2.24) is 0 Å². The van der Waals surface area contributed by atoms with E-state index in [1.165, 1.54) is 19.9 Å². The monoisotopic (exact) mass is 436 g/mol. The van der Waals surface area contributed by atoms with Crippen LogP contribution in [0.25, 0.3) is 0 Å². The average Bonchev–Trinajstić information content (AvgIpc) is 2.25. The second-order valence-corrected chi connectivity index (χ2v) is 5.24. The van der Waals surface area contributed by atoms with Gasteiger partial charge in [0.25, 0.3) is 0 Å². The topological polar surface area (TPSA) is 87.4 Å². The van der Waals surface area contributed by atoms with Crippen LogP contribution in [0.3, 0.4) is 0 Å². The third kappa shape index (κ3) is 3750. The molecule has 0 aliphatic carbocycles. The Labute approximate surface area is 128 Å². The van der Waals surface area contributed by atoms with E-state index in [9.17, 15) is 0 Å². The SMILES string of the molecule is CC#N.CC#N.C[Si](C)C.[C-]#[O+].[C-]#[O+].[CH2]C=C.[W]. The van der Waals surface area contributed by atoms with Crippen molar-refractivity contribution in [2.24, 2.45) is 0 Å². The summed E-state index contributed by atoms with van der Waals surface area (Å²) in [5.41, 5.74) is 0. The summed E-state index contributed by atoms with van der Waals surface area (Å²) in [6.07, 6.45) is 1.50. The van der Waals surface area contributed by atoms with E-state index >= 15 is 0 Å². The van der Waals surface area contributed by atoms with E-state index in [4.69, 9.17) is 19.8 Å². The Balaban J connectivity index is -0.0000000163.